The topological polar surface area (TPSA) is 82.1 Å². The highest BCUT2D eigenvalue weighted by Crippen LogP contribution is 2.41. The molecule has 7 nitrogen and oxygen atoms in total. The number of ether oxygens (including phenoxy) is 3. The predicted octanol–water partition coefficient (Wildman–Crippen LogP) is 3.58. The summed E-state index contributed by atoms with van der Waals surface area (Å²) in [5.41, 5.74) is 0.921. The van der Waals surface area contributed by atoms with Crippen molar-refractivity contribution in [3.63, 3.8) is 0 Å². The van der Waals surface area contributed by atoms with Crippen LogP contribution in [0.25, 0.3) is 0 Å². The number of halogens is 1. The van der Waals surface area contributed by atoms with E-state index in [1.54, 1.807) is 29.2 Å². The molecule has 2 aromatic carbocycles. The predicted molar refractivity (Wildman–Crippen MR) is 124 cm³/mol. The van der Waals surface area contributed by atoms with Crippen molar-refractivity contribution in [3.05, 3.63) is 52.5 Å². The third kappa shape index (κ3) is 5.13. The van der Waals surface area contributed by atoms with Gasteiger partial charge in [-0.15, -0.1) is 0 Å². The summed E-state index contributed by atoms with van der Waals surface area (Å²) in [6.07, 6.45) is 2.31. The zero-order valence-electron chi connectivity index (χ0n) is 18.7. The highest BCUT2D eigenvalue weighted by atomic mass is 35.5. The van der Waals surface area contributed by atoms with Crippen molar-refractivity contribution in [2.24, 2.45) is 0 Å². The minimum Gasteiger partial charge on any atom is -0.493 e. The molecule has 0 bridgehead atoms. The quantitative estimate of drug-likeness (QED) is 0.573. The Kier molecular flexibility index (Phi) is 7.25. The van der Waals surface area contributed by atoms with Crippen molar-refractivity contribution >= 4 is 27.3 Å². The Hall–Kier alpha value is -2.45. The number of hydrogen-bond acceptors (Lipinski definition) is 6. The van der Waals surface area contributed by atoms with Crippen LogP contribution in [0.1, 0.15) is 28.8 Å². The summed E-state index contributed by atoms with van der Waals surface area (Å²) in [6.45, 7) is 0.904. The van der Waals surface area contributed by atoms with Crippen molar-refractivity contribution in [2.45, 2.75) is 18.3 Å². The van der Waals surface area contributed by atoms with Gasteiger partial charge >= 0.3 is 0 Å². The molecule has 0 spiro atoms. The maximum atomic E-state index is 13.4. The van der Waals surface area contributed by atoms with Crippen molar-refractivity contribution < 1.29 is 27.4 Å². The van der Waals surface area contributed by atoms with Gasteiger partial charge in [-0.1, -0.05) is 23.7 Å². The van der Waals surface area contributed by atoms with Gasteiger partial charge in [0.25, 0.3) is 5.91 Å². The molecule has 0 aliphatic carbocycles. The summed E-state index contributed by atoms with van der Waals surface area (Å²) in [5, 5.41) is 0.607. The molecule has 1 amide bonds. The van der Waals surface area contributed by atoms with Gasteiger partial charge < -0.3 is 19.1 Å². The van der Waals surface area contributed by atoms with Crippen molar-refractivity contribution in [2.75, 3.05) is 46.4 Å². The van der Waals surface area contributed by atoms with Gasteiger partial charge in [0.05, 0.1) is 27.1 Å². The molecule has 1 atom stereocenters. The molecule has 174 valence electrons. The molecule has 0 radical (unpaired) electrons. The van der Waals surface area contributed by atoms with Gasteiger partial charge in [-0.2, -0.15) is 0 Å². The first-order chi connectivity index (χ1) is 15.1. The number of likely N-dealkylation sites (tertiary alicyclic amines) is 1. The Morgan fingerprint density at radius 3 is 2.16 bits per heavy atom. The van der Waals surface area contributed by atoms with E-state index in [0.717, 1.165) is 5.56 Å². The average molecular weight is 482 g/mol. The highest BCUT2D eigenvalue weighted by molar-refractivity contribution is 7.90. The molecule has 0 N–H and O–H groups in total. The van der Waals surface area contributed by atoms with Gasteiger partial charge in [-0.25, -0.2) is 8.42 Å². The Morgan fingerprint density at radius 1 is 1.06 bits per heavy atom. The number of nitrogens with zero attached hydrogens (tertiary/aromatic N) is 1. The molecule has 2 aromatic rings. The second-order valence-electron chi connectivity index (χ2n) is 8.06. The normalized spacial score (nSPS) is 18.5. The van der Waals surface area contributed by atoms with Crippen LogP contribution in [0.3, 0.4) is 0 Å². The van der Waals surface area contributed by atoms with Crippen LogP contribution in [0.4, 0.5) is 0 Å². The average Bonchev–Trinajstić information content (AvgIpc) is 3.21. The molecule has 0 saturated carbocycles. The molecule has 1 saturated heterocycles. The monoisotopic (exact) mass is 481 g/mol. The number of amides is 1. The van der Waals surface area contributed by atoms with Crippen LogP contribution in [0.15, 0.2) is 36.4 Å². The van der Waals surface area contributed by atoms with Crippen LogP contribution in [-0.4, -0.2) is 65.7 Å². The van der Waals surface area contributed by atoms with Gasteiger partial charge in [0.15, 0.2) is 11.5 Å². The van der Waals surface area contributed by atoms with Crippen LogP contribution in [0.2, 0.25) is 5.02 Å². The zero-order valence-corrected chi connectivity index (χ0v) is 20.3. The van der Waals surface area contributed by atoms with Gasteiger partial charge in [-0.3, -0.25) is 4.79 Å². The summed E-state index contributed by atoms with van der Waals surface area (Å²) in [4.78, 5) is 15.1. The standard InChI is InChI=1S/C23H28ClNO6S/c1-29-19-13-16(14-20(30-2)21(19)31-3)22(26)25-11-9-23(15-25,10-12-32(4,27)28)17-5-7-18(24)8-6-17/h5-8,13-14H,9-12,15H2,1-4H3. The van der Waals surface area contributed by atoms with E-state index >= 15 is 0 Å². The second kappa shape index (κ2) is 9.58. The number of carbonyl (C=O) groups is 1. The minimum absolute atomic E-state index is 0.0435. The van der Waals surface area contributed by atoms with E-state index < -0.39 is 15.3 Å². The van der Waals surface area contributed by atoms with E-state index in [4.69, 9.17) is 25.8 Å². The number of benzene rings is 2. The van der Waals surface area contributed by atoms with Crippen LogP contribution in [0.5, 0.6) is 17.2 Å². The summed E-state index contributed by atoms with van der Waals surface area (Å²) in [5.74, 6) is 1.07. The van der Waals surface area contributed by atoms with Crippen LogP contribution < -0.4 is 14.2 Å². The lowest BCUT2D eigenvalue weighted by molar-refractivity contribution is 0.0782. The van der Waals surface area contributed by atoms with Gasteiger partial charge in [-0.05, 0) is 42.7 Å². The largest absolute Gasteiger partial charge is 0.493 e. The summed E-state index contributed by atoms with van der Waals surface area (Å²) in [7, 11) is 1.34. The van der Waals surface area contributed by atoms with E-state index in [2.05, 4.69) is 0 Å². The van der Waals surface area contributed by atoms with Crippen molar-refractivity contribution in [3.8, 4) is 17.2 Å². The van der Waals surface area contributed by atoms with Gasteiger partial charge in [0, 0.05) is 35.3 Å². The van der Waals surface area contributed by atoms with Crippen molar-refractivity contribution in [1.29, 1.82) is 0 Å². The highest BCUT2D eigenvalue weighted by Gasteiger charge is 2.42. The molecular formula is C23H28ClNO6S. The van der Waals surface area contributed by atoms with E-state index in [1.165, 1.54) is 27.6 Å². The fraction of sp³-hybridized carbons (Fsp3) is 0.435. The number of carbonyl (C=O) groups excluding carboxylic acids is 1. The third-order valence-corrected chi connectivity index (χ3v) is 7.16. The smallest absolute Gasteiger partial charge is 0.254 e. The van der Waals surface area contributed by atoms with E-state index in [9.17, 15) is 13.2 Å². The first-order valence-corrected chi connectivity index (χ1v) is 12.6. The molecule has 0 aromatic heterocycles. The fourth-order valence-electron chi connectivity index (χ4n) is 4.20. The zero-order chi connectivity index (χ0) is 23.5. The first kappa shape index (κ1) is 24.2. The van der Waals surface area contributed by atoms with Crippen LogP contribution in [-0.2, 0) is 15.3 Å². The Balaban J connectivity index is 1.93. The van der Waals surface area contributed by atoms with Gasteiger partial charge in [0.1, 0.15) is 9.84 Å². The number of sulfone groups is 1. The molecule has 1 unspecified atom stereocenters. The molecular weight excluding hydrogens is 454 g/mol. The molecule has 1 aliphatic heterocycles. The summed E-state index contributed by atoms with van der Waals surface area (Å²) in [6, 6.07) is 10.7. The Bertz CT molecular complexity index is 1060. The third-order valence-electron chi connectivity index (χ3n) is 5.96. The van der Waals surface area contributed by atoms with Crippen molar-refractivity contribution in [1.82, 2.24) is 4.90 Å². The SMILES string of the molecule is COc1cc(C(=O)N2CCC(CCS(C)(=O)=O)(c3ccc(Cl)cc3)C2)cc(OC)c1OC. The Labute approximate surface area is 194 Å². The number of rotatable bonds is 8. The molecule has 1 heterocycles. The minimum atomic E-state index is -3.16. The summed E-state index contributed by atoms with van der Waals surface area (Å²) < 4.78 is 39.9. The molecule has 1 fully saturated rings. The Morgan fingerprint density at radius 2 is 1.66 bits per heavy atom. The first-order valence-electron chi connectivity index (χ1n) is 10.2. The fourth-order valence-corrected chi connectivity index (χ4v) is 5.09. The lowest BCUT2D eigenvalue weighted by atomic mass is 9.77. The van der Waals surface area contributed by atoms with E-state index in [1.807, 2.05) is 12.1 Å². The summed E-state index contributed by atoms with van der Waals surface area (Å²) >= 11 is 6.06. The van der Waals surface area contributed by atoms with Crippen LogP contribution in [0, 0.1) is 0 Å². The van der Waals surface area contributed by atoms with Crippen LogP contribution >= 0.6 is 11.6 Å². The lowest BCUT2D eigenvalue weighted by Crippen LogP contribution is -2.36. The molecule has 32 heavy (non-hydrogen) atoms. The molecule has 1 aliphatic rings. The van der Waals surface area contributed by atoms with Gasteiger partial charge in [0.2, 0.25) is 5.75 Å². The maximum absolute atomic E-state index is 13.4. The van der Waals surface area contributed by atoms with E-state index in [-0.39, 0.29) is 11.7 Å². The lowest BCUT2D eigenvalue weighted by Gasteiger charge is -2.30. The molecule has 3 rings (SSSR count). The number of hydrogen-bond donors (Lipinski definition) is 0. The van der Waals surface area contributed by atoms with E-state index in [0.29, 0.717) is 53.8 Å². The molecule has 9 heteroatoms. The number of methoxy groups -OCH3 is 3. The second-order valence-corrected chi connectivity index (χ2v) is 10.8. The maximum Gasteiger partial charge on any atom is 0.254 e.